The van der Waals surface area contributed by atoms with E-state index in [0.717, 1.165) is 12.4 Å². The Kier molecular flexibility index (Phi) is 5.90. The monoisotopic (exact) mass is 251 g/mol. The number of carbonyl (C=O) groups excluding carboxylic acids is 1. The molecule has 1 aromatic rings. The van der Waals surface area contributed by atoms with E-state index in [1.165, 1.54) is 0 Å². The second-order valence-corrected chi connectivity index (χ2v) is 3.76. The van der Waals surface area contributed by atoms with Crippen LogP contribution < -0.4 is 15.5 Å². The number of likely N-dealkylation sites (N-methyl/N-ethyl adjacent to an activating group) is 2. The number of amides is 1. The molecule has 1 rings (SSSR count). The van der Waals surface area contributed by atoms with E-state index in [1.54, 1.807) is 12.4 Å². The third-order valence-corrected chi connectivity index (χ3v) is 2.39. The minimum Gasteiger partial charge on any atom is -0.369 e. The van der Waals surface area contributed by atoms with Crippen molar-refractivity contribution in [2.45, 2.75) is 20.8 Å². The molecule has 1 amide bonds. The lowest BCUT2D eigenvalue weighted by molar-refractivity contribution is -0.119. The Morgan fingerprint density at radius 2 is 2.06 bits per heavy atom. The van der Waals surface area contributed by atoms with Gasteiger partial charge < -0.3 is 15.5 Å². The first kappa shape index (κ1) is 14.2. The summed E-state index contributed by atoms with van der Waals surface area (Å²) in [4.78, 5) is 22.0. The molecule has 2 N–H and O–H groups in total. The molecule has 0 spiro atoms. The fraction of sp³-hybridized carbons (Fsp3) is 0.583. The summed E-state index contributed by atoms with van der Waals surface area (Å²) >= 11 is 0. The van der Waals surface area contributed by atoms with Crippen molar-refractivity contribution in [3.05, 3.63) is 12.4 Å². The molecular weight excluding hydrogens is 230 g/mol. The summed E-state index contributed by atoms with van der Waals surface area (Å²) in [5.41, 5.74) is 0. The Morgan fingerprint density at radius 3 is 2.67 bits per heavy atom. The van der Waals surface area contributed by atoms with Gasteiger partial charge in [-0.1, -0.05) is 0 Å². The van der Waals surface area contributed by atoms with Gasteiger partial charge in [0.2, 0.25) is 5.91 Å². The van der Waals surface area contributed by atoms with Gasteiger partial charge in [-0.15, -0.1) is 0 Å². The van der Waals surface area contributed by atoms with Crippen LogP contribution in [0.25, 0.3) is 0 Å². The molecule has 0 saturated heterocycles. The average molecular weight is 251 g/mol. The Balaban J connectivity index is 2.74. The minimum atomic E-state index is -0.00463. The lowest BCUT2D eigenvalue weighted by atomic mass is 10.4. The summed E-state index contributed by atoms with van der Waals surface area (Å²) in [5, 5.41) is 5.88. The highest BCUT2D eigenvalue weighted by molar-refractivity contribution is 5.80. The number of carbonyl (C=O) groups is 1. The van der Waals surface area contributed by atoms with E-state index in [0.29, 0.717) is 25.5 Å². The normalized spacial score (nSPS) is 9.94. The molecule has 6 nitrogen and oxygen atoms in total. The van der Waals surface area contributed by atoms with Crippen LogP contribution >= 0.6 is 0 Å². The zero-order valence-corrected chi connectivity index (χ0v) is 11.2. The van der Waals surface area contributed by atoms with E-state index < -0.39 is 0 Å². The predicted molar refractivity (Wildman–Crippen MR) is 72.8 cm³/mol. The molecule has 0 atom stereocenters. The number of nitrogens with one attached hydrogen (secondary N) is 2. The summed E-state index contributed by atoms with van der Waals surface area (Å²) in [7, 11) is 0. The summed E-state index contributed by atoms with van der Waals surface area (Å²) < 4.78 is 0. The molecule has 0 aromatic carbocycles. The second-order valence-electron chi connectivity index (χ2n) is 3.76. The molecule has 0 radical (unpaired) electrons. The average Bonchev–Trinajstić information content (AvgIpc) is 2.37. The maximum Gasteiger partial charge on any atom is 0.239 e. The van der Waals surface area contributed by atoms with Gasteiger partial charge in [0.05, 0.1) is 18.9 Å². The van der Waals surface area contributed by atoms with Crippen LogP contribution in [0.1, 0.15) is 20.8 Å². The number of hydrogen-bond donors (Lipinski definition) is 2. The van der Waals surface area contributed by atoms with E-state index in [2.05, 4.69) is 20.6 Å². The number of rotatable bonds is 7. The fourth-order valence-electron chi connectivity index (χ4n) is 1.56. The second kappa shape index (κ2) is 7.47. The van der Waals surface area contributed by atoms with Crippen LogP contribution in [0.4, 0.5) is 11.6 Å². The third-order valence-electron chi connectivity index (χ3n) is 2.39. The van der Waals surface area contributed by atoms with Crippen LogP contribution in [0.15, 0.2) is 12.4 Å². The SMILES string of the molecule is CCNC(=O)CN(CC)c1cncc(NCC)n1. The molecular formula is C12H21N5O. The van der Waals surface area contributed by atoms with Crippen molar-refractivity contribution in [3.63, 3.8) is 0 Å². The standard InChI is InChI=1S/C12H21N5O/c1-4-14-10-7-13-8-11(16-10)17(6-3)9-12(18)15-5-2/h7-8H,4-6,9H2,1-3H3,(H,14,16)(H,15,18). The summed E-state index contributed by atoms with van der Waals surface area (Å²) in [6, 6.07) is 0. The first-order valence-corrected chi connectivity index (χ1v) is 6.28. The molecule has 6 heteroatoms. The van der Waals surface area contributed by atoms with Crippen LogP contribution in [0.3, 0.4) is 0 Å². The van der Waals surface area contributed by atoms with Crippen LogP contribution in [0, 0.1) is 0 Å². The van der Waals surface area contributed by atoms with E-state index in [9.17, 15) is 4.79 Å². The Morgan fingerprint density at radius 1 is 1.28 bits per heavy atom. The van der Waals surface area contributed by atoms with Crippen LogP contribution in [0.5, 0.6) is 0 Å². The first-order chi connectivity index (χ1) is 8.71. The molecule has 0 aliphatic carbocycles. The van der Waals surface area contributed by atoms with Gasteiger partial charge in [0, 0.05) is 19.6 Å². The lowest BCUT2D eigenvalue weighted by Crippen LogP contribution is -2.37. The zero-order chi connectivity index (χ0) is 13.4. The maximum absolute atomic E-state index is 11.6. The molecule has 0 bridgehead atoms. The highest BCUT2D eigenvalue weighted by atomic mass is 16.2. The van der Waals surface area contributed by atoms with Crippen molar-refractivity contribution in [2.75, 3.05) is 36.4 Å². The van der Waals surface area contributed by atoms with Crippen molar-refractivity contribution in [1.29, 1.82) is 0 Å². The molecule has 0 saturated carbocycles. The Bertz CT molecular complexity index is 382. The Labute approximate surface area is 108 Å². The maximum atomic E-state index is 11.6. The first-order valence-electron chi connectivity index (χ1n) is 6.28. The van der Waals surface area contributed by atoms with Gasteiger partial charge >= 0.3 is 0 Å². The minimum absolute atomic E-state index is 0.00463. The summed E-state index contributed by atoms with van der Waals surface area (Å²) in [5.74, 6) is 1.43. The van der Waals surface area contributed by atoms with Crippen molar-refractivity contribution in [2.24, 2.45) is 0 Å². The number of aromatic nitrogens is 2. The summed E-state index contributed by atoms with van der Waals surface area (Å²) in [6.45, 7) is 8.33. The van der Waals surface area contributed by atoms with Crippen LogP contribution in [0.2, 0.25) is 0 Å². The van der Waals surface area contributed by atoms with E-state index in [-0.39, 0.29) is 5.91 Å². The van der Waals surface area contributed by atoms with E-state index in [4.69, 9.17) is 0 Å². The van der Waals surface area contributed by atoms with Crippen molar-refractivity contribution in [1.82, 2.24) is 15.3 Å². The van der Waals surface area contributed by atoms with Crippen LogP contribution in [-0.2, 0) is 4.79 Å². The molecule has 0 fully saturated rings. The van der Waals surface area contributed by atoms with Gasteiger partial charge in [-0.05, 0) is 20.8 Å². The van der Waals surface area contributed by atoms with Gasteiger partial charge in [0.15, 0.2) is 0 Å². The molecule has 0 aliphatic rings. The van der Waals surface area contributed by atoms with Gasteiger partial charge in [-0.25, -0.2) is 4.98 Å². The van der Waals surface area contributed by atoms with Gasteiger partial charge in [-0.2, -0.15) is 0 Å². The topological polar surface area (TPSA) is 70.2 Å². The molecule has 18 heavy (non-hydrogen) atoms. The van der Waals surface area contributed by atoms with Crippen molar-refractivity contribution < 1.29 is 4.79 Å². The van der Waals surface area contributed by atoms with E-state index in [1.807, 2.05) is 25.7 Å². The molecule has 1 heterocycles. The van der Waals surface area contributed by atoms with Crippen molar-refractivity contribution >= 4 is 17.5 Å². The van der Waals surface area contributed by atoms with Crippen molar-refractivity contribution in [3.8, 4) is 0 Å². The van der Waals surface area contributed by atoms with Gasteiger partial charge in [0.1, 0.15) is 11.6 Å². The predicted octanol–water partition coefficient (Wildman–Crippen LogP) is 0.871. The third kappa shape index (κ3) is 4.20. The van der Waals surface area contributed by atoms with Gasteiger partial charge in [0.25, 0.3) is 0 Å². The zero-order valence-electron chi connectivity index (χ0n) is 11.2. The summed E-state index contributed by atoms with van der Waals surface area (Å²) in [6.07, 6.45) is 3.34. The smallest absolute Gasteiger partial charge is 0.239 e. The number of hydrogen-bond acceptors (Lipinski definition) is 5. The van der Waals surface area contributed by atoms with Crippen LogP contribution in [-0.4, -0.2) is 42.1 Å². The molecule has 0 aliphatic heterocycles. The lowest BCUT2D eigenvalue weighted by Gasteiger charge is -2.21. The highest BCUT2D eigenvalue weighted by Crippen LogP contribution is 2.11. The molecule has 100 valence electrons. The molecule has 0 unspecified atom stereocenters. The largest absolute Gasteiger partial charge is 0.369 e. The number of anilines is 2. The Hall–Kier alpha value is -1.85. The fourth-order valence-corrected chi connectivity index (χ4v) is 1.56. The van der Waals surface area contributed by atoms with E-state index >= 15 is 0 Å². The molecule has 1 aromatic heterocycles. The quantitative estimate of drug-likeness (QED) is 0.752. The van der Waals surface area contributed by atoms with Gasteiger partial charge in [-0.3, -0.25) is 9.78 Å². The number of nitrogens with zero attached hydrogens (tertiary/aromatic N) is 3. The highest BCUT2D eigenvalue weighted by Gasteiger charge is 2.11.